The highest BCUT2D eigenvalue weighted by molar-refractivity contribution is 9.11. The monoisotopic (exact) mass is 466 g/mol. The molecule has 1 saturated heterocycles. The first kappa shape index (κ1) is 21.1. The molecule has 1 fully saturated rings. The maximum atomic E-state index is 12.6. The van der Waals surface area contributed by atoms with E-state index in [1.165, 1.54) is 9.21 Å². The molecule has 26 heavy (non-hydrogen) atoms. The van der Waals surface area contributed by atoms with Gasteiger partial charge in [0.2, 0.25) is 5.91 Å². The predicted molar refractivity (Wildman–Crippen MR) is 104 cm³/mol. The fourth-order valence-electron chi connectivity index (χ4n) is 2.44. The highest BCUT2D eigenvalue weighted by atomic mass is 79.9. The van der Waals surface area contributed by atoms with Crippen molar-refractivity contribution in [2.75, 3.05) is 32.7 Å². The normalized spacial score (nSPS) is 17.0. The largest absolute Gasteiger partial charge is 0.354 e. The number of nitrogens with zero attached hydrogens (tertiary/aromatic N) is 2. The number of halogens is 1. The van der Waals surface area contributed by atoms with Crippen LogP contribution in [0.4, 0.5) is 4.79 Å². The SMILES string of the molecule is CCCNC(=O)C(C)NC(=O)N1CCN(S(=O)(=O)c2ccc(Br)s2)CC1. The van der Waals surface area contributed by atoms with Crippen LogP contribution in [0.25, 0.3) is 0 Å². The lowest BCUT2D eigenvalue weighted by molar-refractivity contribution is -0.122. The fraction of sp³-hybridized carbons (Fsp3) is 0.600. The third kappa shape index (κ3) is 5.18. The zero-order valence-electron chi connectivity index (χ0n) is 14.7. The third-order valence-electron chi connectivity index (χ3n) is 3.95. The van der Waals surface area contributed by atoms with Crippen LogP contribution >= 0.6 is 27.3 Å². The lowest BCUT2D eigenvalue weighted by Crippen LogP contribution is -2.56. The van der Waals surface area contributed by atoms with Crippen molar-refractivity contribution >= 4 is 49.2 Å². The zero-order chi connectivity index (χ0) is 19.3. The van der Waals surface area contributed by atoms with Crippen LogP contribution in [0.15, 0.2) is 20.1 Å². The molecule has 0 spiro atoms. The van der Waals surface area contributed by atoms with E-state index >= 15 is 0 Å². The van der Waals surface area contributed by atoms with Gasteiger partial charge in [0.1, 0.15) is 10.3 Å². The molecular weight excluding hydrogens is 444 g/mol. The molecule has 1 aromatic heterocycles. The number of rotatable bonds is 6. The molecule has 0 aliphatic carbocycles. The van der Waals surface area contributed by atoms with E-state index in [4.69, 9.17) is 0 Å². The van der Waals surface area contributed by atoms with Gasteiger partial charge in [0.15, 0.2) is 0 Å². The summed E-state index contributed by atoms with van der Waals surface area (Å²) >= 11 is 4.43. The molecule has 1 aliphatic rings. The van der Waals surface area contributed by atoms with Crippen LogP contribution in [-0.4, -0.2) is 68.3 Å². The minimum absolute atomic E-state index is 0.224. The summed E-state index contributed by atoms with van der Waals surface area (Å²) in [6, 6.07) is 2.27. The third-order valence-corrected chi connectivity index (χ3v) is 7.94. The van der Waals surface area contributed by atoms with Gasteiger partial charge in [0, 0.05) is 32.7 Å². The van der Waals surface area contributed by atoms with Crippen LogP contribution in [0.2, 0.25) is 0 Å². The first-order chi connectivity index (χ1) is 12.3. The highest BCUT2D eigenvalue weighted by Crippen LogP contribution is 2.28. The van der Waals surface area contributed by atoms with Crippen LogP contribution in [0.3, 0.4) is 0 Å². The van der Waals surface area contributed by atoms with Gasteiger partial charge >= 0.3 is 6.03 Å². The molecule has 2 N–H and O–H groups in total. The van der Waals surface area contributed by atoms with Gasteiger partial charge in [-0.25, -0.2) is 13.2 Å². The maximum Gasteiger partial charge on any atom is 0.318 e. The summed E-state index contributed by atoms with van der Waals surface area (Å²) in [4.78, 5) is 25.6. The van der Waals surface area contributed by atoms with Crippen molar-refractivity contribution in [2.45, 2.75) is 30.5 Å². The van der Waals surface area contributed by atoms with Gasteiger partial charge in [-0.15, -0.1) is 11.3 Å². The second-order valence-electron chi connectivity index (χ2n) is 5.91. The van der Waals surface area contributed by atoms with Gasteiger partial charge in [0.05, 0.1) is 3.79 Å². The Morgan fingerprint density at radius 1 is 1.27 bits per heavy atom. The molecule has 0 saturated carbocycles. The number of hydrogen-bond donors (Lipinski definition) is 2. The topological polar surface area (TPSA) is 98.8 Å². The molecule has 2 rings (SSSR count). The molecule has 0 aromatic carbocycles. The lowest BCUT2D eigenvalue weighted by atomic mass is 10.3. The van der Waals surface area contributed by atoms with Crippen LogP contribution in [0.5, 0.6) is 0 Å². The smallest absolute Gasteiger partial charge is 0.318 e. The number of carbonyl (C=O) groups excluding carboxylic acids is 2. The maximum absolute atomic E-state index is 12.6. The number of nitrogens with one attached hydrogen (secondary N) is 2. The Morgan fingerprint density at radius 2 is 1.92 bits per heavy atom. The van der Waals surface area contributed by atoms with Gasteiger partial charge in [-0.2, -0.15) is 4.31 Å². The van der Waals surface area contributed by atoms with Crippen molar-refractivity contribution < 1.29 is 18.0 Å². The Hall–Kier alpha value is -1.17. The Labute approximate surface area is 166 Å². The first-order valence-electron chi connectivity index (χ1n) is 8.34. The molecule has 1 aromatic rings. The Kier molecular flexibility index (Phi) is 7.44. The summed E-state index contributed by atoms with van der Waals surface area (Å²) in [5.74, 6) is -0.232. The summed E-state index contributed by atoms with van der Waals surface area (Å²) in [7, 11) is -3.54. The van der Waals surface area contributed by atoms with Crippen LogP contribution in [0, 0.1) is 0 Å². The molecule has 11 heteroatoms. The van der Waals surface area contributed by atoms with Gasteiger partial charge in [0.25, 0.3) is 10.0 Å². The van der Waals surface area contributed by atoms with Crippen molar-refractivity contribution in [3.8, 4) is 0 Å². The van der Waals surface area contributed by atoms with E-state index in [-0.39, 0.29) is 42.3 Å². The molecule has 1 aliphatic heterocycles. The Balaban J connectivity index is 1.87. The van der Waals surface area contributed by atoms with Crippen molar-refractivity contribution in [3.05, 3.63) is 15.9 Å². The number of piperazine rings is 1. The summed E-state index contributed by atoms with van der Waals surface area (Å²) in [6.45, 7) is 5.14. The number of thiophene rings is 1. The van der Waals surface area contributed by atoms with Crippen molar-refractivity contribution in [2.24, 2.45) is 0 Å². The van der Waals surface area contributed by atoms with E-state index < -0.39 is 16.1 Å². The van der Waals surface area contributed by atoms with E-state index in [0.717, 1.165) is 21.5 Å². The Bertz CT molecular complexity index is 745. The molecule has 3 amide bonds. The Morgan fingerprint density at radius 3 is 2.46 bits per heavy atom. The summed E-state index contributed by atoms with van der Waals surface area (Å²) < 4.78 is 27.6. The second kappa shape index (κ2) is 9.16. The van der Waals surface area contributed by atoms with E-state index in [1.807, 2.05) is 6.92 Å². The lowest BCUT2D eigenvalue weighted by Gasteiger charge is -2.34. The number of hydrogen-bond acceptors (Lipinski definition) is 5. The molecule has 2 heterocycles. The number of amides is 3. The van der Waals surface area contributed by atoms with Gasteiger partial charge < -0.3 is 15.5 Å². The minimum Gasteiger partial charge on any atom is -0.354 e. The van der Waals surface area contributed by atoms with E-state index in [1.54, 1.807) is 19.1 Å². The predicted octanol–water partition coefficient (Wildman–Crippen LogP) is 1.44. The molecule has 0 bridgehead atoms. The molecule has 8 nitrogen and oxygen atoms in total. The quantitative estimate of drug-likeness (QED) is 0.662. The average molecular weight is 467 g/mol. The molecule has 1 unspecified atom stereocenters. The van der Waals surface area contributed by atoms with E-state index in [2.05, 4.69) is 26.6 Å². The fourth-order valence-corrected chi connectivity index (χ4v) is 6.02. The zero-order valence-corrected chi connectivity index (χ0v) is 17.9. The van der Waals surface area contributed by atoms with Crippen LogP contribution in [0.1, 0.15) is 20.3 Å². The number of carbonyl (C=O) groups is 2. The average Bonchev–Trinajstić information content (AvgIpc) is 3.06. The highest BCUT2D eigenvalue weighted by Gasteiger charge is 2.31. The van der Waals surface area contributed by atoms with Crippen LogP contribution in [-0.2, 0) is 14.8 Å². The molecule has 1 atom stereocenters. The second-order valence-corrected chi connectivity index (χ2v) is 10.5. The van der Waals surface area contributed by atoms with Gasteiger partial charge in [-0.05, 0) is 41.4 Å². The number of sulfonamides is 1. The van der Waals surface area contributed by atoms with E-state index in [0.29, 0.717) is 6.54 Å². The van der Waals surface area contributed by atoms with E-state index in [9.17, 15) is 18.0 Å². The molecular formula is C15H23BrN4O4S2. The standard InChI is InChI=1S/C15H23BrN4O4S2/c1-3-6-17-14(21)11(2)18-15(22)19-7-9-20(10-8-19)26(23,24)13-5-4-12(16)25-13/h4-5,11H,3,6-10H2,1-2H3,(H,17,21)(H,18,22). The van der Waals surface area contributed by atoms with Crippen molar-refractivity contribution in [1.29, 1.82) is 0 Å². The summed E-state index contributed by atoms with van der Waals surface area (Å²) in [5, 5.41) is 5.37. The van der Waals surface area contributed by atoms with Gasteiger partial charge in [-0.1, -0.05) is 6.92 Å². The van der Waals surface area contributed by atoms with Gasteiger partial charge in [-0.3, -0.25) is 4.79 Å². The molecule has 0 radical (unpaired) electrons. The van der Waals surface area contributed by atoms with Crippen molar-refractivity contribution in [1.82, 2.24) is 19.8 Å². The summed E-state index contributed by atoms with van der Waals surface area (Å²) in [5.41, 5.74) is 0. The number of urea groups is 1. The summed E-state index contributed by atoms with van der Waals surface area (Å²) in [6.07, 6.45) is 0.823. The van der Waals surface area contributed by atoms with Crippen molar-refractivity contribution in [3.63, 3.8) is 0 Å². The molecule has 146 valence electrons. The van der Waals surface area contributed by atoms with Crippen LogP contribution < -0.4 is 10.6 Å². The minimum atomic E-state index is -3.54. The first-order valence-corrected chi connectivity index (χ1v) is 11.4.